The molecule has 2 aliphatic heterocycles. The molecule has 1 saturated heterocycles. The van der Waals surface area contributed by atoms with Crippen molar-refractivity contribution in [3.05, 3.63) is 46.7 Å². The number of carbonyl (C=O) groups excluding carboxylic acids is 2. The Morgan fingerprint density at radius 2 is 2.12 bits per heavy atom. The van der Waals surface area contributed by atoms with Crippen LogP contribution in [0, 0.1) is 0 Å². The van der Waals surface area contributed by atoms with Crippen LogP contribution in [0.1, 0.15) is 30.9 Å². The SMILES string of the molecule is O=C1CSc2ccccc2N1CCC(=O)N1CCC[C@@H]1c1ccsc1. The Balaban J connectivity index is 1.44. The van der Waals surface area contributed by atoms with Crippen molar-refractivity contribution < 1.29 is 9.59 Å². The van der Waals surface area contributed by atoms with E-state index < -0.39 is 0 Å². The fourth-order valence-electron chi connectivity index (χ4n) is 3.63. The van der Waals surface area contributed by atoms with Crippen molar-refractivity contribution in [1.82, 2.24) is 4.90 Å². The second kappa shape index (κ2) is 7.22. The predicted molar refractivity (Wildman–Crippen MR) is 102 cm³/mol. The van der Waals surface area contributed by atoms with Gasteiger partial charge in [-0.2, -0.15) is 11.3 Å². The van der Waals surface area contributed by atoms with Crippen LogP contribution in [-0.4, -0.2) is 35.6 Å². The van der Waals surface area contributed by atoms with Gasteiger partial charge >= 0.3 is 0 Å². The summed E-state index contributed by atoms with van der Waals surface area (Å²) in [7, 11) is 0. The highest BCUT2D eigenvalue weighted by Crippen LogP contribution is 2.36. The van der Waals surface area contributed by atoms with Crippen LogP contribution >= 0.6 is 23.1 Å². The number of nitrogens with zero attached hydrogens (tertiary/aromatic N) is 2. The Morgan fingerprint density at radius 3 is 2.96 bits per heavy atom. The fraction of sp³-hybridized carbons (Fsp3) is 0.368. The lowest BCUT2D eigenvalue weighted by atomic mass is 10.1. The van der Waals surface area contributed by atoms with Crippen molar-refractivity contribution in [2.24, 2.45) is 0 Å². The van der Waals surface area contributed by atoms with E-state index in [0.29, 0.717) is 18.7 Å². The third-order valence-electron chi connectivity index (χ3n) is 4.86. The molecular formula is C19H20N2O2S2. The minimum atomic E-state index is 0.0901. The fourth-order valence-corrected chi connectivity index (χ4v) is 5.27. The second-order valence-corrected chi connectivity index (χ2v) is 8.15. The molecule has 6 heteroatoms. The highest BCUT2D eigenvalue weighted by molar-refractivity contribution is 8.00. The number of benzene rings is 1. The van der Waals surface area contributed by atoms with Gasteiger partial charge in [-0.3, -0.25) is 9.59 Å². The van der Waals surface area contributed by atoms with E-state index in [0.717, 1.165) is 30.0 Å². The molecule has 4 nitrogen and oxygen atoms in total. The zero-order chi connectivity index (χ0) is 17.2. The monoisotopic (exact) mass is 372 g/mol. The smallest absolute Gasteiger partial charge is 0.237 e. The van der Waals surface area contributed by atoms with Gasteiger partial charge in [0.1, 0.15) is 0 Å². The summed E-state index contributed by atoms with van der Waals surface area (Å²) in [4.78, 5) is 30.0. The van der Waals surface area contributed by atoms with Gasteiger partial charge in [-0.05, 0) is 47.4 Å². The maximum atomic E-state index is 12.8. The van der Waals surface area contributed by atoms with Crippen LogP contribution in [-0.2, 0) is 9.59 Å². The molecule has 4 rings (SSSR count). The summed E-state index contributed by atoms with van der Waals surface area (Å²) >= 11 is 3.25. The number of para-hydroxylation sites is 1. The van der Waals surface area contributed by atoms with Gasteiger partial charge in [0.05, 0.1) is 17.5 Å². The van der Waals surface area contributed by atoms with E-state index in [-0.39, 0.29) is 17.9 Å². The van der Waals surface area contributed by atoms with Gasteiger partial charge in [0.2, 0.25) is 11.8 Å². The molecule has 1 aromatic heterocycles. The lowest BCUT2D eigenvalue weighted by Crippen LogP contribution is -2.39. The molecule has 1 fully saturated rings. The van der Waals surface area contributed by atoms with E-state index in [1.165, 1.54) is 5.56 Å². The number of rotatable bonds is 4. The number of hydrogen-bond donors (Lipinski definition) is 0. The minimum absolute atomic E-state index is 0.0901. The standard InChI is InChI=1S/C19H20N2O2S2/c22-18(20-9-3-5-15(20)14-8-11-24-12-14)7-10-21-16-4-1-2-6-17(16)25-13-19(21)23/h1-2,4,6,8,11-12,15H,3,5,7,9-10,13H2/t15-/m1/s1. The summed E-state index contributed by atoms with van der Waals surface area (Å²) in [5.74, 6) is 0.691. The maximum Gasteiger partial charge on any atom is 0.237 e. The van der Waals surface area contributed by atoms with E-state index in [9.17, 15) is 9.59 Å². The molecule has 2 amide bonds. The second-order valence-electron chi connectivity index (χ2n) is 6.35. The van der Waals surface area contributed by atoms with Crippen LogP contribution in [0.2, 0.25) is 0 Å². The van der Waals surface area contributed by atoms with E-state index in [1.807, 2.05) is 29.2 Å². The molecule has 0 aliphatic carbocycles. The topological polar surface area (TPSA) is 40.6 Å². The summed E-state index contributed by atoms with van der Waals surface area (Å²) < 4.78 is 0. The molecule has 2 aliphatic rings. The highest BCUT2D eigenvalue weighted by Gasteiger charge is 2.31. The third-order valence-corrected chi connectivity index (χ3v) is 6.61. The van der Waals surface area contributed by atoms with Crippen molar-refractivity contribution >= 4 is 40.6 Å². The predicted octanol–water partition coefficient (Wildman–Crippen LogP) is 3.94. The Morgan fingerprint density at radius 1 is 1.24 bits per heavy atom. The molecule has 25 heavy (non-hydrogen) atoms. The van der Waals surface area contributed by atoms with E-state index in [1.54, 1.807) is 28.0 Å². The first kappa shape index (κ1) is 16.7. The molecule has 0 unspecified atom stereocenters. The zero-order valence-corrected chi connectivity index (χ0v) is 15.5. The Bertz CT molecular complexity index is 775. The van der Waals surface area contributed by atoms with Crippen LogP contribution in [0.4, 0.5) is 5.69 Å². The number of anilines is 1. The van der Waals surface area contributed by atoms with Crippen molar-refractivity contribution in [2.45, 2.75) is 30.2 Å². The molecule has 1 aromatic carbocycles. The normalized spacial score (nSPS) is 20.0. The van der Waals surface area contributed by atoms with Gasteiger partial charge in [0, 0.05) is 24.4 Å². The van der Waals surface area contributed by atoms with Crippen LogP contribution in [0.15, 0.2) is 46.0 Å². The van der Waals surface area contributed by atoms with E-state index >= 15 is 0 Å². The number of thioether (sulfide) groups is 1. The molecule has 0 spiro atoms. The summed E-state index contributed by atoms with van der Waals surface area (Å²) in [5, 5.41) is 4.20. The average molecular weight is 373 g/mol. The Kier molecular flexibility index (Phi) is 4.81. The van der Waals surface area contributed by atoms with Gasteiger partial charge in [-0.15, -0.1) is 11.8 Å². The molecular weight excluding hydrogens is 352 g/mol. The number of carbonyl (C=O) groups is 2. The van der Waals surface area contributed by atoms with Crippen LogP contribution in [0.5, 0.6) is 0 Å². The summed E-state index contributed by atoms with van der Waals surface area (Å²) in [6, 6.07) is 10.3. The van der Waals surface area contributed by atoms with E-state index in [2.05, 4.69) is 16.8 Å². The molecule has 130 valence electrons. The number of hydrogen-bond acceptors (Lipinski definition) is 4. The number of amides is 2. The Labute approximate surface area is 155 Å². The van der Waals surface area contributed by atoms with Gasteiger partial charge in [-0.1, -0.05) is 12.1 Å². The van der Waals surface area contributed by atoms with Crippen LogP contribution < -0.4 is 4.90 Å². The molecule has 0 bridgehead atoms. The molecule has 2 aromatic rings. The first-order chi connectivity index (χ1) is 12.2. The summed E-state index contributed by atoms with van der Waals surface area (Å²) in [5.41, 5.74) is 2.18. The molecule has 1 atom stereocenters. The lowest BCUT2D eigenvalue weighted by molar-refractivity contribution is -0.131. The first-order valence-electron chi connectivity index (χ1n) is 8.58. The maximum absolute atomic E-state index is 12.8. The van der Waals surface area contributed by atoms with Crippen molar-refractivity contribution in [3.63, 3.8) is 0 Å². The van der Waals surface area contributed by atoms with Gasteiger partial charge in [-0.25, -0.2) is 0 Å². The quantitative estimate of drug-likeness (QED) is 0.816. The minimum Gasteiger partial charge on any atom is -0.336 e. The Hall–Kier alpha value is -1.79. The van der Waals surface area contributed by atoms with Crippen LogP contribution in [0.3, 0.4) is 0 Å². The highest BCUT2D eigenvalue weighted by atomic mass is 32.2. The third kappa shape index (κ3) is 3.33. The number of fused-ring (bicyclic) bond motifs is 1. The van der Waals surface area contributed by atoms with Gasteiger partial charge in [0.25, 0.3) is 0 Å². The number of likely N-dealkylation sites (tertiary alicyclic amines) is 1. The lowest BCUT2D eigenvalue weighted by Gasteiger charge is -2.30. The zero-order valence-electron chi connectivity index (χ0n) is 13.9. The van der Waals surface area contributed by atoms with Crippen LogP contribution in [0.25, 0.3) is 0 Å². The number of thiophene rings is 1. The largest absolute Gasteiger partial charge is 0.336 e. The van der Waals surface area contributed by atoms with Gasteiger partial charge < -0.3 is 9.80 Å². The molecule has 0 saturated carbocycles. The molecule has 0 N–H and O–H groups in total. The van der Waals surface area contributed by atoms with E-state index in [4.69, 9.17) is 0 Å². The average Bonchev–Trinajstić information content (AvgIpc) is 3.31. The molecule has 3 heterocycles. The summed E-state index contributed by atoms with van der Waals surface area (Å²) in [6.45, 7) is 1.28. The summed E-state index contributed by atoms with van der Waals surface area (Å²) in [6.07, 6.45) is 2.46. The van der Waals surface area contributed by atoms with Crippen molar-refractivity contribution in [1.29, 1.82) is 0 Å². The first-order valence-corrected chi connectivity index (χ1v) is 10.5. The van der Waals surface area contributed by atoms with Crippen molar-refractivity contribution in [2.75, 3.05) is 23.7 Å². The van der Waals surface area contributed by atoms with Crippen molar-refractivity contribution in [3.8, 4) is 0 Å². The molecule has 0 radical (unpaired) electrons. The van der Waals surface area contributed by atoms with Gasteiger partial charge in [0.15, 0.2) is 0 Å².